The molecular weight excluding hydrogens is 283 g/mol. The molecular formula is C14H10ClFN2S. The van der Waals surface area contributed by atoms with Gasteiger partial charge < -0.3 is 4.98 Å². The van der Waals surface area contributed by atoms with Gasteiger partial charge in [-0.25, -0.2) is 4.39 Å². The van der Waals surface area contributed by atoms with Gasteiger partial charge in [-0.05, 0) is 55.0 Å². The number of halogens is 2. The van der Waals surface area contributed by atoms with E-state index in [4.69, 9.17) is 23.8 Å². The van der Waals surface area contributed by atoms with Gasteiger partial charge in [0, 0.05) is 0 Å². The van der Waals surface area contributed by atoms with E-state index in [1.807, 2.05) is 25.1 Å². The van der Waals surface area contributed by atoms with E-state index in [9.17, 15) is 4.39 Å². The summed E-state index contributed by atoms with van der Waals surface area (Å²) in [5.41, 5.74) is 3.13. The van der Waals surface area contributed by atoms with Crippen molar-refractivity contribution in [2.45, 2.75) is 6.92 Å². The van der Waals surface area contributed by atoms with Crippen molar-refractivity contribution in [3.63, 3.8) is 0 Å². The van der Waals surface area contributed by atoms with Crippen LogP contribution in [0.1, 0.15) is 5.56 Å². The van der Waals surface area contributed by atoms with Crippen LogP contribution in [-0.2, 0) is 0 Å². The van der Waals surface area contributed by atoms with Crippen LogP contribution in [0, 0.1) is 17.5 Å². The minimum absolute atomic E-state index is 0.284. The number of aryl methyl sites for hydroxylation is 1. The first-order valence-electron chi connectivity index (χ1n) is 5.73. The van der Waals surface area contributed by atoms with Gasteiger partial charge in [-0.2, -0.15) is 0 Å². The molecule has 0 spiro atoms. The Balaban J connectivity index is 2.39. The molecule has 0 aliphatic heterocycles. The molecule has 0 unspecified atom stereocenters. The van der Waals surface area contributed by atoms with Gasteiger partial charge in [0.1, 0.15) is 5.82 Å². The fourth-order valence-electron chi connectivity index (χ4n) is 2.20. The number of nitrogens with one attached hydrogen (secondary N) is 1. The molecule has 1 N–H and O–H groups in total. The number of H-pyrrole nitrogens is 1. The summed E-state index contributed by atoms with van der Waals surface area (Å²) in [5, 5.41) is 0.593. The van der Waals surface area contributed by atoms with Crippen molar-refractivity contribution in [2.24, 2.45) is 0 Å². The SMILES string of the molecule is Cc1cc(F)cc(-n2c(=S)[nH]c3c(Cl)cccc32)c1. The van der Waals surface area contributed by atoms with Gasteiger partial charge in [0.2, 0.25) is 0 Å². The highest BCUT2D eigenvalue weighted by atomic mass is 35.5. The average Bonchev–Trinajstić information content (AvgIpc) is 2.65. The first kappa shape index (κ1) is 12.4. The monoisotopic (exact) mass is 292 g/mol. The van der Waals surface area contributed by atoms with E-state index in [0.717, 1.165) is 16.6 Å². The third kappa shape index (κ3) is 2.07. The fraction of sp³-hybridized carbons (Fsp3) is 0.0714. The van der Waals surface area contributed by atoms with E-state index < -0.39 is 0 Å². The van der Waals surface area contributed by atoms with Crippen LogP contribution in [0.5, 0.6) is 0 Å². The van der Waals surface area contributed by atoms with Gasteiger partial charge in [0.25, 0.3) is 0 Å². The second kappa shape index (κ2) is 4.47. The first-order valence-corrected chi connectivity index (χ1v) is 6.52. The number of para-hydroxylation sites is 1. The molecule has 96 valence electrons. The van der Waals surface area contributed by atoms with Gasteiger partial charge in [-0.3, -0.25) is 4.57 Å². The molecule has 0 aliphatic carbocycles. The quantitative estimate of drug-likeness (QED) is 0.640. The number of aromatic nitrogens is 2. The molecule has 1 aromatic heterocycles. The Morgan fingerprint density at radius 1 is 1.26 bits per heavy atom. The molecule has 3 aromatic rings. The number of hydrogen-bond donors (Lipinski definition) is 1. The zero-order chi connectivity index (χ0) is 13.6. The van der Waals surface area contributed by atoms with E-state index in [0.29, 0.717) is 15.5 Å². The standard InChI is InChI=1S/C14H10ClFN2S/c1-8-5-9(16)7-10(6-8)18-12-4-2-3-11(15)13(12)17-14(18)19/h2-7H,1H3,(H,17,19). The lowest BCUT2D eigenvalue weighted by atomic mass is 10.2. The van der Waals surface area contributed by atoms with Crippen LogP contribution in [0.15, 0.2) is 36.4 Å². The van der Waals surface area contributed by atoms with Crippen LogP contribution in [0.3, 0.4) is 0 Å². The zero-order valence-corrected chi connectivity index (χ0v) is 11.6. The highest BCUT2D eigenvalue weighted by molar-refractivity contribution is 7.71. The van der Waals surface area contributed by atoms with Crippen LogP contribution >= 0.6 is 23.8 Å². The highest BCUT2D eigenvalue weighted by Gasteiger charge is 2.10. The number of benzene rings is 2. The molecule has 0 aliphatic rings. The lowest BCUT2D eigenvalue weighted by Crippen LogP contribution is -1.95. The van der Waals surface area contributed by atoms with Gasteiger partial charge in [-0.1, -0.05) is 17.7 Å². The molecule has 0 atom stereocenters. The van der Waals surface area contributed by atoms with Gasteiger partial charge in [-0.15, -0.1) is 0 Å². The third-order valence-corrected chi connectivity index (χ3v) is 3.55. The van der Waals surface area contributed by atoms with Crippen LogP contribution < -0.4 is 0 Å². The van der Waals surface area contributed by atoms with E-state index in [1.165, 1.54) is 12.1 Å². The minimum atomic E-state index is -0.284. The highest BCUT2D eigenvalue weighted by Crippen LogP contribution is 2.26. The van der Waals surface area contributed by atoms with Crippen molar-refractivity contribution < 1.29 is 4.39 Å². The summed E-state index contributed by atoms with van der Waals surface area (Å²) in [6.07, 6.45) is 0. The van der Waals surface area contributed by atoms with Crippen molar-refractivity contribution in [3.05, 3.63) is 57.6 Å². The predicted molar refractivity (Wildman–Crippen MR) is 78.2 cm³/mol. The zero-order valence-electron chi connectivity index (χ0n) is 10.1. The Bertz CT molecular complexity index is 815. The molecule has 0 saturated heterocycles. The Kier molecular flexibility index (Phi) is 2.92. The fourth-order valence-corrected chi connectivity index (χ4v) is 2.72. The molecule has 2 nitrogen and oxygen atoms in total. The largest absolute Gasteiger partial charge is 0.329 e. The molecule has 3 rings (SSSR count). The molecule has 1 heterocycles. The second-order valence-electron chi connectivity index (χ2n) is 4.39. The van der Waals surface area contributed by atoms with E-state index >= 15 is 0 Å². The summed E-state index contributed by atoms with van der Waals surface area (Å²) in [6.45, 7) is 1.85. The van der Waals surface area contributed by atoms with Gasteiger partial charge >= 0.3 is 0 Å². The molecule has 19 heavy (non-hydrogen) atoms. The second-order valence-corrected chi connectivity index (χ2v) is 5.18. The molecule has 5 heteroatoms. The Morgan fingerprint density at radius 3 is 2.79 bits per heavy atom. The van der Waals surface area contributed by atoms with Crippen LogP contribution in [-0.4, -0.2) is 9.55 Å². The van der Waals surface area contributed by atoms with Crippen LogP contribution in [0.2, 0.25) is 5.02 Å². The normalized spacial score (nSPS) is 11.1. The Morgan fingerprint density at radius 2 is 2.05 bits per heavy atom. The summed E-state index contributed by atoms with van der Waals surface area (Å²) in [6, 6.07) is 10.3. The summed E-state index contributed by atoms with van der Waals surface area (Å²) in [7, 11) is 0. The molecule has 0 amide bonds. The molecule has 0 saturated carbocycles. The van der Waals surface area contributed by atoms with Crippen LogP contribution in [0.4, 0.5) is 4.39 Å². The molecule has 0 radical (unpaired) electrons. The number of rotatable bonds is 1. The number of fused-ring (bicyclic) bond motifs is 1. The minimum Gasteiger partial charge on any atom is -0.329 e. The molecule has 0 fully saturated rings. The number of nitrogens with zero attached hydrogens (tertiary/aromatic N) is 1. The predicted octanol–water partition coefficient (Wildman–Crippen LogP) is 4.79. The van der Waals surface area contributed by atoms with Crippen molar-refractivity contribution >= 4 is 34.9 Å². The van der Waals surface area contributed by atoms with Gasteiger partial charge in [0.05, 0.1) is 21.7 Å². The summed E-state index contributed by atoms with van der Waals surface area (Å²) in [5.74, 6) is -0.284. The summed E-state index contributed by atoms with van der Waals surface area (Å²) in [4.78, 5) is 3.06. The van der Waals surface area contributed by atoms with E-state index in [2.05, 4.69) is 4.98 Å². The van der Waals surface area contributed by atoms with Gasteiger partial charge in [0.15, 0.2) is 4.77 Å². The molecule has 2 aromatic carbocycles. The summed E-state index contributed by atoms with van der Waals surface area (Å²) < 4.78 is 15.8. The Labute approximate surface area is 119 Å². The van der Waals surface area contributed by atoms with Crippen molar-refractivity contribution in [3.8, 4) is 5.69 Å². The maximum absolute atomic E-state index is 13.5. The maximum atomic E-state index is 13.5. The van der Waals surface area contributed by atoms with Crippen molar-refractivity contribution in [1.29, 1.82) is 0 Å². The molecule has 0 bridgehead atoms. The average molecular weight is 293 g/mol. The van der Waals surface area contributed by atoms with E-state index in [-0.39, 0.29) is 5.82 Å². The summed E-state index contributed by atoms with van der Waals surface area (Å²) >= 11 is 11.4. The van der Waals surface area contributed by atoms with Crippen LogP contribution in [0.25, 0.3) is 16.7 Å². The lowest BCUT2D eigenvalue weighted by molar-refractivity contribution is 0.625. The number of imidazole rings is 1. The first-order chi connectivity index (χ1) is 9.06. The number of hydrogen-bond acceptors (Lipinski definition) is 1. The number of aromatic amines is 1. The third-order valence-electron chi connectivity index (χ3n) is 2.95. The Hall–Kier alpha value is -1.65. The topological polar surface area (TPSA) is 20.7 Å². The van der Waals surface area contributed by atoms with E-state index in [1.54, 1.807) is 10.6 Å². The lowest BCUT2D eigenvalue weighted by Gasteiger charge is -2.06. The van der Waals surface area contributed by atoms with Crippen molar-refractivity contribution in [1.82, 2.24) is 9.55 Å². The van der Waals surface area contributed by atoms with Crippen molar-refractivity contribution in [2.75, 3.05) is 0 Å². The maximum Gasteiger partial charge on any atom is 0.182 e. The smallest absolute Gasteiger partial charge is 0.182 e.